The van der Waals surface area contributed by atoms with E-state index < -0.39 is 11.8 Å². The fourth-order valence-corrected chi connectivity index (χ4v) is 1.42. The second-order valence-electron chi connectivity index (χ2n) is 4.62. The van der Waals surface area contributed by atoms with Crippen LogP contribution in [0.3, 0.4) is 0 Å². The Balaban J connectivity index is 1.72. The van der Waals surface area contributed by atoms with Gasteiger partial charge in [-0.1, -0.05) is 0 Å². The van der Waals surface area contributed by atoms with Crippen LogP contribution >= 0.6 is 0 Å². The Morgan fingerprint density at radius 3 is 2.43 bits per heavy atom. The van der Waals surface area contributed by atoms with E-state index in [1.807, 2.05) is 0 Å². The standard InChI is InChI=1S/C9H15NO4/c1-9(2,3)13-8(11)14-10-4-6-7(5-10)12-6/h6-7H,4-5H2,1-3H3. The minimum absolute atomic E-state index is 0.262. The topological polar surface area (TPSA) is 51.3 Å². The lowest BCUT2D eigenvalue weighted by molar-refractivity contribution is -0.142. The summed E-state index contributed by atoms with van der Waals surface area (Å²) in [4.78, 5) is 16.2. The predicted molar refractivity (Wildman–Crippen MR) is 47.6 cm³/mol. The van der Waals surface area contributed by atoms with Crippen LogP contribution in [0.4, 0.5) is 4.79 Å². The molecule has 0 radical (unpaired) electrons. The number of carbonyl (C=O) groups excluding carboxylic acids is 1. The lowest BCUT2D eigenvalue weighted by Crippen LogP contribution is -2.32. The smallest absolute Gasteiger partial charge is 0.427 e. The molecule has 2 aliphatic rings. The van der Waals surface area contributed by atoms with Crippen molar-refractivity contribution in [2.75, 3.05) is 13.1 Å². The van der Waals surface area contributed by atoms with Crippen molar-refractivity contribution >= 4 is 6.16 Å². The molecule has 0 aliphatic carbocycles. The second kappa shape index (κ2) is 3.10. The molecule has 80 valence electrons. The van der Waals surface area contributed by atoms with E-state index in [2.05, 4.69) is 0 Å². The molecule has 0 aromatic heterocycles. The minimum Gasteiger partial charge on any atom is -0.427 e. The van der Waals surface area contributed by atoms with E-state index in [1.54, 1.807) is 25.8 Å². The molecule has 5 heteroatoms. The van der Waals surface area contributed by atoms with E-state index in [-0.39, 0.29) is 12.2 Å². The third kappa shape index (κ3) is 2.36. The van der Waals surface area contributed by atoms with E-state index in [9.17, 15) is 4.79 Å². The molecule has 2 saturated heterocycles. The molecule has 0 saturated carbocycles. The Morgan fingerprint density at radius 2 is 1.93 bits per heavy atom. The van der Waals surface area contributed by atoms with Crippen molar-refractivity contribution in [2.24, 2.45) is 0 Å². The number of epoxide rings is 1. The van der Waals surface area contributed by atoms with Gasteiger partial charge in [0.1, 0.15) is 17.8 Å². The lowest BCUT2D eigenvalue weighted by Gasteiger charge is -2.21. The van der Waals surface area contributed by atoms with E-state index in [0.717, 1.165) is 0 Å². The Bertz CT molecular complexity index is 238. The highest BCUT2D eigenvalue weighted by Crippen LogP contribution is 2.30. The van der Waals surface area contributed by atoms with Crippen LogP contribution in [0.1, 0.15) is 20.8 Å². The second-order valence-corrected chi connectivity index (χ2v) is 4.62. The van der Waals surface area contributed by atoms with Gasteiger partial charge < -0.3 is 14.3 Å². The number of morpholine rings is 1. The molecular weight excluding hydrogens is 186 g/mol. The summed E-state index contributed by atoms with van der Waals surface area (Å²) in [5.41, 5.74) is -0.504. The lowest BCUT2D eigenvalue weighted by atomic mass is 10.2. The largest absolute Gasteiger partial charge is 0.528 e. The predicted octanol–water partition coefficient (Wildman–Crippen LogP) is 0.936. The van der Waals surface area contributed by atoms with Gasteiger partial charge in [-0.05, 0) is 20.8 Å². The first kappa shape index (κ1) is 9.73. The average Bonchev–Trinajstić information content (AvgIpc) is 2.54. The molecule has 2 rings (SSSR count). The maximum absolute atomic E-state index is 11.2. The van der Waals surface area contributed by atoms with Gasteiger partial charge in [0, 0.05) is 0 Å². The van der Waals surface area contributed by atoms with Gasteiger partial charge in [0.25, 0.3) is 0 Å². The zero-order chi connectivity index (χ0) is 10.3. The number of carbonyl (C=O) groups is 1. The Labute approximate surface area is 82.9 Å². The van der Waals surface area contributed by atoms with Crippen LogP contribution in [0.15, 0.2) is 0 Å². The molecule has 0 aromatic carbocycles. The van der Waals surface area contributed by atoms with Crippen molar-refractivity contribution in [3.8, 4) is 0 Å². The molecule has 2 heterocycles. The van der Waals surface area contributed by atoms with E-state index in [1.165, 1.54) is 0 Å². The van der Waals surface area contributed by atoms with Crippen molar-refractivity contribution in [1.29, 1.82) is 0 Å². The third-order valence-electron chi connectivity index (χ3n) is 2.05. The van der Waals surface area contributed by atoms with Crippen LogP contribution in [-0.4, -0.2) is 42.1 Å². The normalized spacial score (nSPS) is 31.1. The third-order valence-corrected chi connectivity index (χ3v) is 2.05. The van der Waals surface area contributed by atoms with E-state index >= 15 is 0 Å². The van der Waals surface area contributed by atoms with Crippen LogP contribution in [0.2, 0.25) is 0 Å². The first-order valence-corrected chi connectivity index (χ1v) is 4.75. The summed E-state index contributed by atoms with van der Waals surface area (Å²) in [5.74, 6) is 0. The van der Waals surface area contributed by atoms with Gasteiger partial charge in [-0.2, -0.15) is 0 Å². The molecule has 0 bridgehead atoms. The van der Waals surface area contributed by atoms with Gasteiger partial charge in [0.15, 0.2) is 0 Å². The van der Waals surface area contributed by atoms with Crippen LogP contribution < -0.4 is 0 Å². The summed E-state index contributed by atoms with van der Waals surface area (Å²) in [5, 5.41) is 1.59. The summed E-state index contributed by atoms with van der Waals surface area (Å²) in [6.45, 7) is 6.73. The number of rotatable bonds is 1. The van der Waals surface area contributed by atoms with Gasteiger partial charge in [-0.15, -0.1) is 5.06 Å². The number of nitrogens with zero attached hydrogens (tertiary/aromatic N) is 1. The molecule has 2 fully saturated rings. The average molecular weight is 201 g/mol. The number of hydroxylamine groups is 2. The molecule has 2 unspecified atom stereocenters. The van der Waals surface area contributed by atoms with E-state index in [0.29, 0.717) is 13.1 Å². The monoisotopic (exact) mass is 201 g/mol. The van der Waals surface area contributed by atoms with Crippen LogP contribution in [0.25, 0.3) is 0 Å². The minimum atomic E-state index is -0.640. The van der Waals surface area contributed by atoms with Gasteiger partial charge in [-0.25, -0.2) is 4.79 Å². The zero-order valence-electron chi connectivity index (χ0n) is 8.65. The fraction of sp³-hybridized carbons (Fsp3) is 0.889. The molecule has 0 spiro atoms. The molecule has 5 nitrogen and oxygen atoms in total. The fourth-order valence-electron chi connectivity index (χ4n) is 1.42. The summed E-state index contributed by atoms with van der Waals surface area (Å²) >= 11 is 0. The van der Waals surface area contributed by atoms with Crippen molar-refractivity contribution in [1.82, 2.24) is 5.06 Å². The van der Waals surface area contributed by atoms with Crippen LogP contribution in [0.5, 0.6) is 0 Å². The molecule has 14 heavy (non-hydrogen) atoms. The zero-order valence-corrected chi connectivity index (χ0v) is 8.65. The van der Waals surface area contributed by atoms with Gasteiger partial charge in [-0.3, -0.25) is 0 Å². The van der Waals surface area contributed by atoms with Gasteiger partial charge in [0.05, 0.1) is 13.1 Å². The Kier molecular flexibility index (Phi) is 2.16. The van der Waals surface area contributed by atoms with Crippen LogP contribution in [-0.2, 0) is 14.3 Å². The first-order valence-electron chi connectivity index (χ1n) is 4.75. The Morgan fingerprint density at radius 1 is 1.36 bits per heavy atom. The number of hydrogen-bond acceptors (Lipinski definition) is 5. The number of fused-ring (bicyclic) bond motifs is 1. The highest BCUT2D eigenvalue weighted by atomic mass is 16.8. The van der Waals surface area contributed by atoms with Gasteiger partial charge in [0.2, 0.25) is 0 Å². The SMILES string of the molecule is CC(C)(C)OC(=O)ON1CC2OC2C1. The summed E-state index contributed by atoms with van der Waals surface area (Å²) in [7, 11) is 0. The summed E-state index contributed by atoms with van der Waals surface area (Å²) in [6, 6.07) is 0. The van der Waals surface area contributed by atoms with Crippen molar-refractivity contribution in [3.63, 3.8) is 0 Å². The first-order chi connectivity index (χ1) is 6.44. The molecule has 0 amide bonds. The molecule has 2 atom stereocenters. The molecule has 0 aromatic rings. The highest BCUT2D eigenvalue weighted by Gasteiger charge is 2.49. The maximum Gasteiger partial charge on any atom is 0.528 e. The number of ether oxygens (including phenoxy) is 2. The molecule has 0 N–H and O–H groups in total. The molecule has 2 aliphatic heterocycles. The quantitative estimate of drug-likeness (QED) is 0.466. The summed E-state index contributed by atoms with van der Waals surface area (Å²) < 4.78 is 10.2. The number of hydrogen-bond donors (Lipinski definition) is 0. The van der Waals surface area contributed by atoms with Crippen molar-refractivity contribution < 1.29 is 19.1 Å². The molecular formula is C9H15NO4. The van der Waals surface area contributed by atoms with Crippen molar-refractivity contribution in [2.45, 2.75) is 38.6 Å². The maximum atomic E-state index is 11.2. The highest BCUT2D eigenvalue weighted by molar-refractivity contribution is 5.60. The summed E-state index contributed by atoms with van der Waals surface area (Å²) in [6.07, 6.45) is -0.117. The van der Waals surface area contributed by atoms with Gasteiger partial charge >= 0.3 is 6.16 Å². The Hall–Kier alpha value is -0.810. The van der Waals surface area contributed by atoms with Crippen LogP contribution in [0, 0.1) is 0 Å². The van der Waals surface area contributed by atoms with Crippen molar-refractivity contribution in [3.05, 3.63) is 0 Å². The van der Waals surface area contributed by atoms with E-state index in [4.69, 9.17) is 14.3 Å².